The van der Waals surface area contributed by atoms with Crippen LogP contribution in [0.3, 0.4) is 0 Å². The highest BCUT2D eigenvalue weighted by atomic mass is 19.1. The maximum absolute atomic E-state index is 15.9. The van der Waals surface area contributed by atoms with Gasteiger partial charge in [0.1, 0.15) is 22.9 Å². The Morgan fingerprint density at radius 2 is 1.79 bits per heavy atom. The largest absolute Gasteiger partial charge is 0.496 e. The van der Waals surface area contributed by atoms with Crippen LogP contribution in [0.1, 0.15) is 100 Å². The van der Waals surface area contributed by atoms with E-state index in [4.69, 9.17) is 10.1 Å². The number of allylic oxidation sites excluding steroid dienone is 6. The maximum Gasteiger partial charge on any atom is 0.134 e. The lowest BCUT2D eigenvalue weighted by atomic mass is 9.65. The quantitative estimate of drug-likeness (QED) is 0.210. The number of aryl methyl sites for hydroxylation is 2. The third-order valence-electron chi connectivity index (χ3n) is 8.87. The van der Waals surface area contributed by atoms with Gasteiger partial charge in [0.2, 0.25) is 0 Å². The summed E-state index contributed by atoms with van der Waals surface area (Å²) in [5.74, 6) is 0.458. The molecule has 1 N–H and O–H groups in total. The summed E-state index contributed by atoms with van der Waals surface area (Å²) in [4.78, 5) is 14.0. The van der Waals surface area contributed by atoms with E-state index >= 15 is 8.78 Å². The first-order valence-corrected chi connectivity index (χ1v) is 15.5. The Kier molecular flexibility index (Phi) is 11.5. The molecule has 0 aromatic heterocycles. The molecule has 2 unspecified atom stereocenters. The van der Waals surface area contributed by atoms with Crippen molar-refractivity contribution in [3.63, 3.8) is 0 Å². The molecule has 0 fully saturated rings. The van der Waals surface area contributed by atoms with Crippen LogP contribution in [0.2, 0.25) is 0 Å². The van der Waals surface area contributed by atoms with Gasteiger partial charge in [-0.15, -0.1) is 0 Å². The summed E-state index contributed by atoms with van der Waals surface area (Å²) in [5.41, 5.74) is 1.35. The van der Waals surface area contributed by atoms with Gasteiger partial charge in [0.25, 0.3) is 0 Å². The Labute approximate surface area is 257 Å². The monoisotopic (exact) mass is 589 g/mol. The van der Waals surface area contributed by atoms with Crippen LogP contribution in [-0.4, -0.2) is 24.8 Å². The summed E-state index contributed by atoms with van der Waals surface area (Å²) in [6.45, 7) is 10.7. The number of halogens is 2. The van der Waals surface area contributed by atoms with Crippen molar-refractivity contribution < 1.29 is 18.3 Å². The van der Waals surface area contributed by atoms with Crippen LogP contribution in [0.4, 0.5) is 8.78 Å². The van der Waals surface area contributed by atoms with Gasteiger partial charge >= 0.3 is 0 Å². The van der Waals surface area contributed by atoms with Crippen LogP contribution in [0.15, 0.2) is 72.4 Å². The predicted octanol–water partition coefficient (Wildman–Crippen LogP) is 10.2. The second kappa shape index (κ2) is 14.4. The number of carbonyl (C=O) groups excluding carboxylic acids is 1. The maximum atomic E-state index is 15.9. The highest BCUT2D eigenvalue weighted by Gasteiger charge is 2.39. The van der Waals surface area contributed by atoms with Crippen molar-refractivity contribution >= 4 is 12.0 Å². The number of nitrogens with one attached hydrogen (secondary N) is 1. The van der Waals surface area contributed by atoms with Gasteiger partial charge < -0.3 is 10.1 Å². The number of alkyl halides is 2. The standard InChI is InChI=1S/C38H49F2NO2/c1-8-37(6,40)32-19-27(2)20-33(21-32)38(24-30-13-11-9-10-12-14-30,31-16-15-29(4)35(22-31)43-7)25-34(42)17-18-36(5,39)23-28(3)26-41/h9,11-16,19-22,26,28,41H,8,10,17-18,23-25H2,1-7H3/t28-,36?,37?,38+/m0/s1. The molecule has 1 aliphatic rings. The first-order valence-electron chi connectivity index (χ1n) is 15.5. The van der Waals surface area contributed by atoms with E-state index in [9.17, 15) is 4.79 Å². The van der Waals surface area contributed by atoms with E-state index in [2.05, 4.69) is 30.4 Å². The van der Waals surface area contributed by atoms with E-state index in [1.165, 1.54) is 13.1 Å². The van der Waals surface area contributed by atoms with Gasteiger partial charge in [0.05, 0.1) is 7.11 Å². The number of rotatable bonds is 15. The molecule has 0 aliphatic heterocycles. The molecular weight excluding hydrogens is 540 g/mol. The van der Waals surface area contributed by atoms with Crippen molar-refractivity contribution in [3.05, 3.63) is 100 Å². The Bertz CT molecular complexity index is 1380. The summed E-state index contributed by atoms with van der Waals surface area (Å²) >= 11 is 0. The topological polar surface area (TPSA) is 50.2 Å². The molecule has 0 saturated heterocycles. The molecule has 5 heteroatoms. The lowest BCUT2D eigenvalue weighted by Gasteiger charge is -2.37. The number of Topliss-reactive ketones (excluding diaryl/α,β-unsaturated/α-hetero) is 1. The minimum absolute atomic E-state index is 0.0544. The fourth-order valence-corrected chi connectivity index (χ4v) is 6.07. The molecule has 43 heavy (non-hydrogen) atoms. The zero-order valence-electron chi connectivity index (χ0n) is 27.0. The van der Waals surface area contributed by atoms with Crippen molar-refractivity contribution in [3.8, 4) is 5.75 Å². The summed E-state index contributed by atoms with van der Waals surface area (Å²) in [7, 11) is 1.64. The zero-order chi connectivity index (χ0) is 31.8. The van der Waals surface area contributed by atoms with Crippen molar-refractivity contribution in [2.24, 2.45) is 5.92 Å². The molecule has 0 amide bonds. The van der Waals surface area contributed by atoms with Crippen molar-refractivity contribution in [1.29, 1.82) is 5.41 Å². The molecule has 2 aromatic rings. The Morgan fingerprint density at radius 3 is 2.47 bits per heavy atom. The van der Waals surface area contributed by atoms with Gasteiger partial charge in [-0.05, 0) is 106 Å². The van der Waals surface area contributed by atoms with Crippen LogP contribution >= 0.6 is 0 Å². The van der Waals surface area contributed by atoms with Gasteiger partial charge in [-0.3, -0.25) is 4.79 Å². The summed E-state index contributed by atoms with van der Waals surface area (Å²) in [5, 5.41) is 7.48. The highest BCUT2D eigenvalue weighted by Crippen LogP contribution is 2.46. The predicted molar refractivity (Wildman–Crippen MR) is 175 cm³/mol. The van der Waals surface area contributed by atoms with Gasteiger partial charge in [-0.2, -0.15) is 0 Å². The summed E-state index contributed by atoms with van der Waals surface area (Å²) in [6.07, 6.45) is 13.8. The second-order valence-corrected chi connectivity index (χ2v) is 12.9. The zero-order valence-corrected chi connectivity index (χ0v) is 27.0. The normalized spacial score (nSPS) is 18.0. The van der Waals surface area contributed by atoms with E-state index in [-0.39, 0.29) is 37.4 Å². The molecule has 1 aliphatic carbocycles. The molecule has 0 radical (unpaired) electrons. The number of hydrogen-bond acceptors (Lipinski definition) is 3. The average Bonchev–Trinajstić information content (AvgIpc) is 3.24. The number of benzene rings is 2. The van der Waals surface area contributed by atoms with Crippen LogP contribution < -0.4 is 4.74 Å². The minimum atomic E-state index is -1.56. The SMILES string of the molecule is CCC(C)(F)c1cc(C)cc([C@@](CC(=O)CCC(C)(F)C[C@H](C)C=N)(CC2=CC=CCC=C2)c2ccc(C)c(OC)c2)c1. The number of ether oxygens (including phenoxy) is 1. The van der Waals surface area contributed by atoms with Gasteiger partial charge in [-0.25, -0.2) is 8.78 Å². The number of ketones is 1. The van der Waals surface area contributed by atoms with Crippen LogP contribution in [0, 0.1) is 25.2 Å². The fourth-order valence-electron chi connectivity index (χ4n) is 6.07. The van der Waals surface area contributed by atoms with Gasteiger partial charge in [-0.1, -0.05) is 80.1 Å². The van der Waals surface area contributed by atoms with E-state index in [1.807, 2.05) is 64.1 Å². The third kappa shape index (κ3) is 8.84. The van der Waals surface area contributed by atoms with E-state index in [1.54, 1.807) is 14.0 Å². The smallest absolute Gasteiger partial charge is 0.134 e. The minimum Gasteiger partial charge on any atom is -0.496 e. The lowest BCUT2D eigenvalue weighted by molar-refractivity contribution is -0.120. The van der Waals surface area contributed by atoms with E-state index in [0.717, 1.165) is 34.2 Å². The van der Waals surface area contributed by atoms with Crippen molar-refractivity contribution in [1.82, 2.24) is 0 Å². The molecule has 0 heterocycles. The molecular formula is C38H49F2NO2. The fraction of sp³-hybridized carbons (Fsp3) is 0.474. The molecule has 0 saturated carbocycles. The molecule has 3 rings (SSSR count). The summed E-state index contributed by atoms with van der Waals surface area (Å²) in [6, 6.07) is 11.9. The summed E-state index contributed by atoms with van der Waals surface area (Å²) < 4.78 is 37.1. The Morgan fingerprint density at radius 1 is 1.07 bits per heavy atom. The molecule has 0 spiro atoms. The first kappa shape index (κ1) is 34.2. The lowest BCUT2D eigenvalue weighted by Crippen LogP contribution is -2.33. The number of hydrogen-bond donors (Lipinski definition) is 1. The number of carbonyl (C=O) groups is 1. The Hall–Kier alpha value is -3.34. The molecule has 3 nitrogen and oxygen atoms in total. The van der Waals surface area contributed by atoms with Crippen molar-refractivity contribution in [2.45, 2.75) is 103 Å². The van der Waals surface area contributed by atoms with Gasteiger partial charge in [0.15, 0.2) is 0 Å². The van der Waals surface area contributed by atoms with Crippen LogP contribution in [0.5, 0.6) is 5.75 Å². The molecule has 2 aromatic carbocycles. The van der Waals surface area contributed by atoms with Crippen LogP contribution in [0.25, 0.3) is 0 Å². The average molecular weight is 590 g/mol. The molecule has 232 valence electrons. The van der Waals surface area contributed by atoms with Gasteiger partial charge in [0, 0.05) is 18.3 Å². The second-order valence-electron chi connectivity index (χ2n) is 12.9. The van der Waals surface area contributed by atoms with E-state index in [0.29, 0.717) is 24.2 Å². The number of methoxy groups -OCH3 is 1. The Balaban J connectivity index is 2.24. The first-order chi connectivity index (χ1) is 20.2. The molecule has 4 atom stereocenters. The molecule has 0 bridgehead atoms. The highest BCUT2D eigenvalue weighted by molar-refractivity contribution is 5.81. The van der Waals surface area contributed by atoms with E-state index < -0.39 is 16.8 Å². The third-order valence-corrected chi connectivity index (χ3v) is 8.87. The van der Waals surface area contributed by atoms with Crippen molar-refractivity contribution in [2.75, 3.05) is 7.11 Å². The van der Waals surface area contributed by atoms with Crippen LogP contribution in [-0.2, 0) is 15.9 Å².